The maximum atomic E-state index is 4.91. The van der Waals surface area contributed by atoms with Gasteiger partial charge in [-0.25, -0.2) is 9.97 Å². The molecule has 28 heavy (non-hydrogen) atoms. The van der Waals surface area contributed by atoms with E-state index in [1.807, 2.05) is 29.9 Å². The van der Waals surface area contributed by atoms with Crippen molar-refractivity contribution in [1.29, 1.82) is 0 Å². The summed E-state index contributed by atoms with van der Waals surface area (Å²) in [5, 5.41) is 11.6. The molecule has 1 aliphatic rings. The summed E-state index contributed by atoms with van der Waals surface area (Å²) in [6, 6.07) is 4.01. The summed E-state index contributed by atoms with van der Waals surface area (Å²) in [5.74, 6) is 2.76. The first-order valence-electron chi connectivity index (χ1n) is 9.92. The van der Waals surface area contributed by atoms with Crippen LogP contribution in [0.5, 0.6) is 0 Å². The molecule has 0 atom stereocenters. The number of fused-ring (bicyclic) bond motifs is 1. The van der Waals surface area contributed by atoms with Crippen LogP contribution in [0.15, 0.2) is 18.3 Å². The minimum atomic E-state index is 0.472. The molecule has 3 aromatic heterocycles. The highest BCUT2D eigenvalue weighted by Gasteiger charge is 2.21. The van der Waals surface area contributed by atoms with Gasteiger partial charge in [0.15, 0.2) is 5.82 Å². The van der Waals surface area contributed by atoms with Crippen molar-refractivity contribution in [1.82, 2.24) is 30.0 Å². The molecule has 0 aromatic carbocycles. The molecule has 8 nitrogen and oxygen atoms in total. The van der Waals surface area contributed by atoms with E-state index >= 15 is 0 Å². The molecule has 1 fully saturated rings. The Morgan fingerprint density at radius 2 is 1.96 bits per heavy atom. The van der Waals surface area contributed by atoms with Gasteiger partial charge in [0.2, 0.25) is 5.95 Å². The van der Waals surface area contributed by atoms with Crippen molar-refractivity contribution in [2.24, 2.45) is 5.92 Å². The molecular formula is C20H28N8. The molecule has 148 valence electrons. The fraction of sp³-hybridized carbons (Fsp3) is 0.500. The molecule has 0 spiro atoms. The van der Waals surface area contributed by atoms with Gasteiger partial charge in [-0.05, 0) is 37.5 Å². The van der Waals surface area contributed by atoms with E-state index in [0.29, 0.717) is 5.92 Å². The minimum Gasteiger partial charge on any atom is -0.338 e. The molecule has 0 bridgehead atoms. The predicted molar refractivity (Wildman–Crippen MR) is 112 cm³/mol. The smallest absolute Gasteiger partial charge is 0.228 e. The van der Waals surface area contributed by atoms with Gasteiger partial charge >= 0.3 is 0 Å². The molecule has 4 heterocycles. The van der Waals surface area contributed by atoms with Crippen LogP contribution in [0.25, 0.3) is 11.0 Å². The summed E-state index contributed by atoms with van der Waals surface area (Å²) in [7, 11) is 0. The lowest BCUT2D eigenvalue weighted by Crippen LogP contribution is -2.44. The second-order valence-electron chi connectivity index (χ2n) is 7.81. The van der Waals surface area contributed by atoms with Crippen LogP contribution in [0.4, 0.5) is 17.6 Å². The van der Waals surface area contributed by atoms with Crippen molar-refractivity contribution >= 4 is 28.6 Å². The van der Waals surface area contributed by atoms with E-state index in [1.54, 1.807) is 0 Å². The van der Waals surface area contributed by atoms with Gasteiger partial charge in [-0.1, -0.05) is 13.8 Å². The number of nitrogens with zero attached hydrogens (tertiary/aromatic N) is 6. The summed E-state index contributed by atoms with van der Waals surface area (Å²) in [4.78, 5) is 16.5. The van der Waals surface area contributed by atoms with Crippen LogP contribution in [0.1, 0.15) is 25.1 Å². The quantitative estimate of drug-likeness (QED) is 0.704. The number of rotatable bonds is 5. The molecule has 1 aliphatic heterocycles. The second kappa shape index (κ2) is 7.71. The van der Waals surface area contributed by atoms with Gasteiger partial charge in [0.1, 0.15) is 16.9 Å². The summed E-state index contributed by atoms with van der Waals surface area (Å²) in [6.07, 6.45) is 1.81. The van der Waals surface area contributed by atoms with E-state index in [1.165, 1.54) is 0 Å². The fourth-order valence-electron chi connectivity index (χ4n) is 3.52. The first kappa shape index (κ1) is 18.6. The highest BCUT2D eigenvalue weighted by Crippen LogP contribution is 2.29. The maximum absolute atomic E-state index is 4.91. The Hall–Kier alpha value is -2.74. The molecule has 8 heteroatoms. The lowest BCUT2D eigenvalue weighted by Gasteiger charge is -2.27. The molecule has 0 unspecified atom stereocenters. The average Bonchev–Trinajstić information content (AvgIpc) is 2.97. The summed E-state index contributed by atoms with van der Waals surface area (Å²) < 4.78 is 2.02. The zero-order chi connectivity index (χ0) is 19.7. The number of hydrogen-bond acceptors (Lipinski definition) is 7. The van der Waals surface area contributed by atoms with Gasteiger partial charge in [-0.2, -0.15) is 10.1 Å². The normalized spacial score (nSPS) is 14.8. The number of nitrogens with one attached hydrogen (secondary N) is 2. The van der Waals surface area contributed by atoms with Gasteiger partial charge in [-0.3, -0.25) is 4.68 Å². The third kappa shape index (κ3) is 3.77. The van der Waals surface area contributed by atoms with Crippen molar-refractivity contribution in [2.45, 2.75) is 34.2 Å². The van der Waals surface area contributed by atoms with E-state index in [2.05, 4.69) is 41.3 Å². The van der Waals surface area contributed by atoms with E-state index in [9.17, 15) is 0 Å². The standard InChI is InChI=1S/C20H28N8/c1-13(2)12-28-18-17(15(4)26-28)24-20(27-9-7-21-8-10-27)25-19(18)23-16-11-14(3)5-6-22-16/h5-6,11,13,21H,7-10,12H2,1-4H3,(H,22,23,24,25). The Balaban J connectivity index is 1.84. The van der Waals surface area contributed by atoms with E-state index in [-0.39, 0.29) is 0 Å². The van der Waals surface area contributed by atoms with Crippen molar-refractivity contribution in [3.05, 3.63) is 29.6 Å². The molecule has 4 rings (SSSR count). The van der Waals surface area contributed by atoms with Crippen molar-refractivity contribution in [2.75, 3.05) is 36.4 Å². The second-order valence-corrected chi connectivity index (χ2v) is 7.81. The van der Waals surface area contributed by atoms with Gasteiger partial charge in [0.25, 0.3) is 0 Å². The molecule has 3 aromatic rings. The SMILES string of the molecule is Cc1ccnc(Nc2nc(N3CCNCC3)nc3c(C)nn(CC(C)C)c23)c1. The average molecular weight is 381 g/mol. The fourth-order valence-corrected chi connectivity index (χ4v) is 3.52. The van der Waals surface area contributed by atoms with Crippen molar-refractivity contribution < 1.29 is 0 Å². The monoisotopic (exact) mass is 380 g/mol. The lowest BCUT2D eigenvalue weighted by atomic mass is 10.2. The van der Waals surface area contributed by atoms with Crippen molar-refractivity contribution in [3.63, 3.8) is 0 Å². The molecule has 0 saturated carbocycles. The zero-order valence-corrected chi connectivity index (χ0v) is 17.0. The maximum Gasteiger partial charge on any atom is 0.228 e. The molecule has 1 saturated heterocycles. The first-order valence-corrected chi connectivity index (χ1v) is 9.92. The largest absolute Gasteiger partial charge is 0.338 e. The Morgan fingerprint density at radius 1 is 1.18 bits per heavy atom. The first-order chi connectivity index (χ1) is 13.5. The molecule has 0 radical (unpaired) electrons. The van der Waals surface area contributed by atoms with E-state index in [4.69, 9.17) is 15.1 Å². The molecule has 0 aliphatic carbocycles. The van der Waals surface area contributed by atoms with Crippen LogP contribution >= 0.6 is 0 Å². The molecule has 0 amide bonds. The lowest BCUT2D eigenvalue weighted by molar-refractivity contribution is 0.493. The molecular weight excluding hydrogens is 352 g/mol. The number of aromatic nitrogens is 5. The van der Waals surface area contributed by atoms with Crippen LogP contribution in [-0.4, -0.2) is 50.9 Å². The zero-order valence-electron chi connectivity index (χ0n) is 17.0. The molecule has 2 N–H and O–H groups in total. The minimum absolute atomic E-state index is 0.472. The van der Waals surface area contributed by atoms with E-state index < -0.39 is 0 Å². The van der Waals surface area contributed by atoms with Crippen molar-refractivity contribution in [3.8, 4) is 0 Å². The van der Waals surface area contributed by atoms with Crippen LogP contribution in [0, 0.1) is 19.8 Å². The highest BCUT2D eigenvalue weighted by atomic mass is 15.3. The Morgan fingerprint density at radius 3 is 2.68 bits per heavy atom. The number of pyridine rings is 1. The topological polar surface area (TPSA) is 83.8 Å². The summed E-state index contributed by atoms with van der Waals surface area (Å²) in [6.45, 7) is 12.9. The summed E-state index contributed by atoms with van der Waals surface area (Å²) in [5.41, 5.74) is 3.92. The Bertz CT molecular complexity index is 972. The highest BCUT2D eigenvalue weighted by molar-refractivity contribution is 5.90. The van der Waals surface area contributed by atoms with Crippen LogP contribution in [0.3, 0.4) is 0 Å². The van der Waals surface area contributed by atoms with Gasteiger partial charge in [0.05, 0.1) is 5.69 Å². The van der Waals surface area contributed by atoms with Gasteiger partial charge in [0, 0.05) is 38.9 Å². The van der Waals surface area contributed by atoms with Crippen LogP contribution in [-0.2, 0) is 6.54 Å². The summed E-state index contributed by atoms with van der Waals surface area (Å²) >= 11 is 0. The number of hydrogen-bond donors (Lipinski definition) is 2. The number of anilines is 3. The number of aryl methyl sites for hydroxylation is 2. The van der Waals surface area contributed by atoms with Gasteiger partial charge in [-0.15, -0.1) is 0 Å². The van der Waals surface area contributed by atoms with Crippen LogP contribution in [0.2, 0.25) is 0 Å². The van der Waals surface area contributed by atoms with Crippen LogP contribution < -0.4 is 15.5 Å². The third-order valence-electron chi connectivity index (χ3n) is 4.84. The third-order valence-corrected chi connectivity index (χ3v) is 4.84. The predicted octanol–water partition coefficient (Wildman–Crippen LogP) is 2.65. The Labute approximate surface area is 165 Å². The number of piperazine rings is 1. The van der Waals surface area contributed by atoms with E-state index in [0.717, 1.165) is 72.6 Å². The van der Waals surface area contributed by atoms with Gasteiger partial charge < -0.3 is 15.5 Å². The Kier molecular flexibility index (Phi) is 5.13.